The minimum atomic E-state index is -0.345. The van der Waals surface area contributed by atoms with Gasteiger partial charge >= 0.3 is 0 Å². The number of amides is 2. The van der Waals surface area contributed by atoms with Gasteiger partial charge in [0.25, 0.3) is 0 Å². The van der Waals surface area contributed by atoms with Crippen LogP contribution in [0.15, 0.2) is 53.1 Å². The first-order valence-corrected chi connectivity index (χ1v) is 9.20. The van der Waals surface area contributed by atoms with Crippen molar-refractivity contribution < 1.29 is 18.5 Å². The lowest BCUT2D eigenvalue weighted by Gasteiger charge is -2.10. The molecule has 0 bridgehead atoms. The van der Waals surface area contributed by atoms with Gasteiger partial charge in [0.2, 0.25) is 23.5 Å². The molecule has 3 rings (SSSR count). The molecule has 7 nitrogen and oxygen atoms in total. The van der Waals surface area contributed by atoms with Gasteiger partial charge in [-0.3, -0.25) is 9.59 Å². The topological polar surface area (TPSA) is 97.1 Å². The maximum Gasteiger partial charge on any atom is 0.227 e. The fourth-order valence-electron chi connectivity index (χ4n) is 2.48. The Bertz CT molecular complexity index is 999. The molecule has 2 amide bonds. The van der Waals surface area contributed by atoms with Crippen molar-refractivity contribution in [3.8, 4) is 11.4 Å². The summed E-state index contributed by atoms with van der Waals surface area (Å²) >= 11 is 0. The van der Waals surface area contributed by atoms with Crippen LogP contribution in [0.25, 0.3) is 11.4 Å². The smallest absolute Gasteiger partial charge is 0.227 e. The highest BCUT2D eigenvalue weighted by atomic mass is 19.1. The summed E-state index contributed by atoms with van der Waals surface area (Å²) in [6.45, 7) is 3.61. The summed E-state index contributed by atoms with van der Waals surface area (Å²) in [5.74, 6) is -0.142. The third kappa shape index (κ3) is 5.71. The lowest BCUT2D eigenvalue weighted by atomic mass is 10.2. The third-order valence-electron chi connectivity index (χ3n) is 4.07. The zero-order chi connectivity index (χ0) is 20.8. The minimum Gasteiger partial charge on any atom is -0.339 e. The first-order valence-electron chi connectivity index (χ1n) is 9.20. The Balaban J connectivity index is 1.54. The highest BCUT2D eigenvalue weighted by molar-refractivity contribution is 5.94. The molecule has 150 valence electrons. The summed E-state index contributed by atoms with van der Waals surface area (Å²) in [7, 11) is 0. The molecule has 0 radical (unpaired) electrons. The maximum atomic E-state index is 13.0. The van der Waals surface area contributed by atoms with Crippen LogP contribution in [-0.2, 0) is 16.0 Å². The molecule has 8 heteroatoms. The van der Waals surface area contributed by atoms with Gasteiger partial charge in [-0.2, -0.15) is 4.98 Å². The minimum absolute atomic E-state index is 0.0955. The fraction of sp³-hybridized carbons (Fsp3) is 0.238. The Kier molecular flexibility index (Phi) is 6.33. The van der Waals surface area contributed by atoms with Crippen molar-refractivity contribution in [2.45, 2.75) is 26.7 Å². The molecular weight excluding hydrogens is 375 g/mol. The number of aryl methyl sites for hydroxylation is 1. The molecule has 2 N–H and O–H groups in total. The van der Waals surface area contributed by atoms with Crippen LogP contribution in [-0.4, -0.2) is 22.0 Å². The van der Waals surface area contributed by atoms with Crippen molar-refractivity contribution >= 4 is 23.2 Å². The van der Waals surface area contributed by atoms with Crippen LogP contribution in [0, 0.1) is 11.7 Å². The molecular formula is C21H21FN4O3. The van der Waals surface area contributed by atoms with E-state index in [-0.39, 0.29) is 36.4 Å². The number of rotatable bonds is 7. The molecule has 0 aliphatic rings. The molecule has 0 atom stereocenters. The standard InChI is InChI=1S/C21H21FN4O3/c1-13(2)21(28)24-17-5-3-4-16(12-17)23-18(27)10-11-19-25-20(26-29-19)14-6-8-15(22)9-7-14/h3-9,12-13H,10-11H2,1-2H3,(H,23,27)(H,24,28). The zero-order valence-corrected chi connectivity index (χ0v) is 16.1. The van der Waals surface area contributed by atoms with Crippen molar-refractivity contribution in [1.82, 2.24) is 10.1 Å². The van der Waals surface area contributed by atoms with Gasteiger partial charge in [0.15, 0.2) is 0 Å². The maximum absolute atomic E-state index is 13.0. The van der Waals surface area contributed by atoms with Crippen LogP contribution in [0.1, 0.15) is 26.2 Å². The molecule has 0 aliphatic heterocycles. The lowest BCUT2D eigenvalue weighted by Crippen LogP contribution is -2.18. The van der Waals surface area contributed by atoms with Crippen molar-refractivity contribution in [3.05, 3.63) is 60.2 Å². The number of hydrogen-bond donors (Lipinski definition) is 2. The van der Waals surface area contributed by atoms with Crippen molar-refractivity contribution in [3.63, 3.8) is 0 Å². The molecule has 0 saturated carbocycles. The Labute approximate surface area is 167 Å². The van der Waals surface area contributed by atoms with Crippen LogP contribution in [0.2, 0.25) is 0 Å². The SMILES string of the molecule is CC(C)C(=O)Nc1cccc(NC(=O)CCc2nc(-c3ccc(F)cc3)no2)c1. The Morgan fingerprint density at radius 1 is 1.07 bits per heavy atom. The summed E-state index contributed by atoms with van der Waals surface area (Å²) in [6, 6.07) is 12.7. The average Bonchev–Trinajstić information content (AvgIpc) is 3.16. The largest absolute Gasteiger partial charge is 0.339 e. The first-order chi connectivity index (χ1) is 13.9. The number of nitrogens with one attached hydrogen (secondary N) is 2. The van der Waals surface area contributed by atoms with Crippen LogP contribution in [0.4, 0.5) is 15.8 Å². The predicted octanol–water partition coefficient (Wildman–Crippen LogP) is 4.04. The van der Waals surface area contributed by atoms with E-state index < -0.39 is 0 Å². The van der Waals surface area contributed by atoms with E-state index in [0.717, 1.165) is 0 Å². The van der Waals surface area contributed by atoms with Gasteiger partial charge in [0.1, 0.15) is 5.82 Å². The van der Waals surface area contributed by atoms with Gasteiger partial charge in [0, 0.05) is 35.7 Å². The van der Waals surface area contributed by atoms with Gasteiger partial charge < -0.3 is 15.2 Å². The Morgan fingerprint density at radius 2 is 1.76 bits per heavy atom. The van der Waals surface area contributed by atoms with Crippen LogP contribution in [0.5, 0.6) is 0 Å². The van der Waals surface area contributed by atoms with E-state index in [1.807, 2.05) is 0 Å². The summed E-state index contributed by atoms with van der Waals surface area (Å²) < 4.78 is 18.1. The third-order valence-corrected chi connectivity index (χ3v) is 4.07. The molecule has 0 spiro atoms. The molecule has 0 unspecified atom stereocenters. The average molecular weight is 396 g/mol. The number of carbonyl (C=O) groups excluding carboxylic acids is 2. The van der Waals surface area contributed by atoms with Gasteiger partial charge in [-0.25, -0.2) is 4.39 Å². The number of benzene rings is 2. The number of halogens is 1. The molecule has 1 aromatic heterocycles. The highest BCUT2D eigenvalue weighted by Crippen LogP contribution is 2.18. The summed E-state index contributed by atoms with van der Waals surface area (Å²) in [5, 5.41) is 9.42. The van der Waals surface area contributed by atoms with E-state index >= 15 is 0 Å². The second-order valence-corrected chi connectivity index (χ2v) is 6.79. The fourth-order valence-corrected chi connectivity index (χ4v) is 2.48. The number of hydrogen-bond acceptors (Lipinski definition) is 5. The quantitative estimate of drug-likeness (QED) is 0.628. The number of aromatic nitrogens is 2. The Morgan fingerprint density at radius 3 is 2.45 bits per heavy atom. The number of carbonyl (C=O) groups is 2. The van der Waals surface area contributed by atoms with E-state index in [1.54, 1.807) is 50.2 Å². The summed E-state index contributed by atoms with van der Waals surface area (Å²) in [5.41, 5.74) is 1.82. The van der Waals surface area contributed by atoms with Gasteiger partial charge in [-0.05, 0) is 42.5 Å². The Hall–Kier alpha value is -3.55. The van der Waals surface area contributed by atoms with Gasteiger partial charge in [0.05, 0.1) is 0 Å². The van der Waals surface area contributed by atoms with Gasteiger partial charge in [-0.1, -0.05) is 25.1 Å². The van der Waals surface area contributed by atoms with Crippen LogP contribution < -0.4 is 10.6 Å². The second kappa shape index (κ2) is 9.09. The summed E-state index contributed by atoms with van der Waals surface area (Å²) in [6.07, 6.45) is 0.414. The van der Waals surface area contributed by atoms with Crippen molar-refractivity contribution in [2.75, 3.05) is 10.6 Å². The van der Waals surface area contributed by atoms with Crippen molar-refractivity contribution in [2.24, 2.45) is 5.92 Å². The predicted molar refractivity (Wildman–Crippen MR) is 107 cm³/mol. The molecule has 29 heavy (non-hydrogen) atoms. The molecule has 3 aromatic rings. The number of nitrogens with zero attached hydrogens (tertiary/aromatic N) is 2. The van der Waals surface area contributed by atoms with Crippen LogP contribution in [0.3, 0.4) is 0 Å². The highest BCUT2D eigenvalue weighted by Gasteiger charge is 2.12. The molecule has 1 heterocycles. The lowest BCUT2D eigenvalue weighted by molar-refractivity contribution is -0.119. The monoisotopic (exact) mass is 396 g/mol. The molecule has 0 fully saturated rings. The normalized spacial score (nSPS) is 10.8. The first kappa shape index (κ1) is 20.2. The molecule has 0 saturated heterocycles. The summed E-state index contributed by atoms with van der Waals surface area (Å²) in [4.78, 5) is 28.2. The van der Waals surface area contributed by atoms with Crippen molar-refractivity contribution in [1.29, 1.82) is 0 Å². The molecule has 2 aromatic carbocycles. The van der Waals surface area contributed by atoms with E-state index in [1.165, 1.54) is 12.1 Å². The van der Waals surface area contributed by atoms with Gasteiger partial charge in [-0.15, -0.1) is 0 Å². The number of anilines is 2. The zero-order valence-electron chi connectivity index (χ0n) is 16.1. The van der Waals surface area contributed by atoms with E-state index in [2.05, 4.69) is 20.8 Å². The van der Waals surface area contributed by atoms with E-state index in [0.29, 0.717) is 28.7 Å². The molecule has 0 aliphatic carbocycles. The second-order valence-electron chi connectivity index (χ2n) is 6.79. The van der Waals surface area contributed by atoms with Crippen LogP contribution >= 0.6 is 0 Å². The van der Waals surface area contributed by atoms with E-state index in [9.17, 15) is 14.0 Å². The van der Waals surface area contributed by atoms with E-state index in [4.69, 9.17) is 4.52 Å².